The van der Waals surface area contributed by atoms with Crippen LogP contribution in [-0.4, -0.2) is 35.9 Å². The summed E-state index contributed by atoms with van der Waals surface area (Å²) in [5.41, 5.74) is -0.691. The lowest BCUT2D eigenvalue weighted by atomic mass is 10.1. The molecule has 0 aromatic rings. The fourth-order valence-electron chi connectivity index (χ4n) is 2.15. The largest absolute Gasteiger partial charge is 0.346 e. The molecule has 2 rings (SSSR count). The van der Waals surface area contributed by atoms with E-state index in [4.69, 9.17) is 42.1 Å². The lowest BCUT2D eigenvalue weighted by Crippen LogP contribution is -2.29. The third-order valence-electron chi connectivity index (χ3n) is 3.06. The summed E-state index contributed by atoms with van der Waals surface area (Å²) in [6.07, 6.45) is 2.37. The number of hydrogen-bond acceptors (Lipinski definition) is 4. The van der Waals surface area contributed by atoms with Crippen molar-refractivity contribution in [1.29, 1.82) is 0 Å². The van der Waals surface area contributed by atoms with Crippen molar-refractivity contribution < 1.29 is 18.9 Å². The first kappa shape index (κ1) is 13.8. The van der Waals surface area contributed by atoms with Crippen LogP contribution in [0.3, 0.4) is 0 Å². The Balaban J connectivity index is 1.72. The summed E-state index contributed by atoms with van der Waals surface area (Å²) >= 11 is 11.7. The van der Waals surface area contributed by atoms with Gasteiger partial charge in [-0.3, -0.25) is 0 Å². The van der Waals surface area contributed by atoms with Crippen LogP contribution in [0, 0.1) is 0 Å². The van der Waals surface area contributed by atoms with Crippen molar-refractivity contribution in [3.8, 4) is 0 Å². The summed E-state index contributed by atoms with van der Waals surface area (Å²) in [5.74, 6) is -1.16. The Labute approximate surface area is 111 Å². The van der Waals surface area contributed by atoms with Crippen LogP contribution >= 0.6 is 23.2 Å². The van der Waals surface area contributed by atoms with Crippen molar-refractivity contribution in [2.24, 2.45) is 0 Å². The van der Waals surface area contributed by atoms with E-state index in [-0.39, 0.29) is 11.1 Å². The van der Waals surface area contributed by atoms with Gasteiger partial charge in [-0.1, -0.05) is 23.2 Å². The smallest absolute Gasteiger partial charge is 0.167 e. The molecule has 6 heteroatoms. The Morgan fingerprint density at radius 2 is 1.35 bits per heavy atom. The maximum absolute atomic E-state index is 5.84. The van der Waals surface area contributed by atoms with E-state index in [0.29, 0.717) is 13.2 Å². The zero-order chi connectivity index (χ0) is 12.5. The number of halogens is 2. The van der Waals surface area contributed by atoms with Gasteiger partial charge in [-0.25, -0.2) is 0 Å². The van der Waals surface area contributed by atoms with E-state index in [1.807, 2.05) is 13.8 Å². The van der Waals surface area contributed by atoms with Crippen LogP contribution in [0.25, 0.3) is 0 Å². The summed E-state index contributed by atoms with van der Waals surface area (Å²) in [4.78, 5) is 0. The van der Waals surface area contributed by atoms with Gasteiger partial charge >= 0.3 is 0 Å². The maximum atomic E-state index is 5.84. The average Bonchev–Trinajstić information content (AvgIpc) is 2.72. The molecule has 2 aliphatic heterocycles. The molecule has 4 unspecified atom stereocenters. The van der Waals surface area contributed by atoms with Crippen molar-refractivity contribution in [2.45, 2.75) is 55.8 Å². The third-order valence-corrected chi connectivity index (χ3v) is 3.49. The predicted molar refractivity (Wildman–Crippen MR) is 64.0 cm³/mol. The Hall–Kier alpha value is 0.420. The molecule has 2 aliphatic rings. The quantitative estimate of drug-likeness (QED) is 0.744. The van der Waals surface area contributed by atoms with E-state index < -0.39 is 11.6 Å². The highest BCUT2D eigenvalue weighted by Crippen LogP contribution is 2.34. The second-order valence-electron chi connectivity index (χ2n) is 4.80. The molecule has 0 N–H and O–H groups in total. The molecule has 0 amide bonds. The molecule has 2 fully saturated rings. The third kappa shape index (κ3) is 3.69. The monoisotopic (exact) mass is 284 g/mol. The van der Waals surface area contributed by atoms with Crippen LogP contribution in [0.15, 0.2) is 0 Å². The zero-order valence-corrected chi connectivity index (χ0v) is 11.6. The molecule has 0 aliphatic carbocycles. The van der Waals surface area contributed by atoms with Crippen LogP contribution in [0.2, 0.25) is 0 Å². The Morgan fingerprint density at radius 3 is 1.65 bits per heavy atom. The molecule has 2 heterocycles. The van der Waals surface area contributed by atoms with Crippen LogP contribution in [0.5, 0.6) is 0 Å². The normalized spacial score (nSPS) is 46.6. The van der Waals surface area contributed by atoms with E-state index in [1.54, 1.807) is 0 Å². The first-order valence-electron chi connectivity index (χ1n) is 5.83. The lowest BCUT2D eigenvalue weighted by molar-refractivity contribution is -0.170. The van der Waals surface area contributed by atoms with Crippen LogP contribution in [-0.2, 0) is 18.9 Å². The van der Waals surface area contributed by atoms with Gasteiger partial charge in [0.2, 0.25) is 0 Å². The number of alkyl halides is 2. The van der Waals surface area contributed by atoms with Gasteiger partial charge in [0.05, 0.1) is 13.2 Å². The van der Waals surface area contributed by atoms with Gasteiger partial charge in [0.25, 0.3) is 0 Å². The molecule has 0 bridgehead atoms. The van der Waals surface area contributed by atoms with Gasteiger partial charge in [0.15, 0.2) is 22.7 Å². The van der Waals surface area contributed by atoms with Crippen molar-refractivity contribution in [1.82, 2.24) is 0 Å². The number of hydrogen-bond donors (Lipinski definition) is 0. The molecule has 0 saturated carbocycles. The minimum absolute atomic E-state index is 0.346. The van der Waals surface area contributed by atoms with Crippen molar-refractivity contribution in [3.63, 3.8) is 0 Å². The molecular weight excluding hydrogens is 267 g/mol. The molecule has 0 aromatic heterocycles. The summed E-state index contributed by atoms with van der Waals surface area (Å²) in [6.45, 7) is 4.68. The second-order valence-corrected chi connectivity index (χ2v) is 5.77. The fourth-order valence-corrected chi connectivity index (χ4v) is 2.66. The highest BCUT2D eigenvalue weighted by atomic mass is 35.5. The van der Waals surface area contributed by atoms with E-state index >= 15 is 0 Å². The Kier molecular flexibility index (Phi) is 4.23. The van der Waals surface area contributed by atoms with E-state index in [2.05, 4.69) is 0 Å². The standard InChI is InChI=1S/C11H18Cl2O4/c1-10(14-6-8(12)16-10)4-3-5-11(2)15-7-9(13)17-11/h8-9H,3-7H2,1-2H3. The minimum Gasteiger partial charge on any atom is -0.346 e. The summed E-state index contributed by atoms with van der Waals surface area (Å²) < 4.78 is 22.0. The van der Waals surface area contributed by atoms with Gasteiger partial charge in [0, 0.05) is 12.8 Å². The highest BCUT2D eigenvalue weighted by Gasteiger charge is 2.39. The molecule has 100 valence electrons. The van der Waals surface area contributed by atoms with Crippen LogP contribution < -0.4 is 0 Å². The second kappa shape index (κ2) is 5.19. The number of ether oxygens (including phenoxy) is 4. The molecule has 0 aromatic carbocycles. The van der Waals surface area contributed by atoms with E-state index in [0.717, 1.165) is 19.3 Å². The highest BCUT2D eigenvalue weighted by molar-refractivity contribution is 6.20. The van der Waals surface area contributed by atoms with Crippen LogP contribution in [0.1, 0.15) is 33.1 Å². The number of rotatable bonds is 4. The molecular formula is C11H18Cl2O4. The van der Waals surface area contributed by atoms with Crippen molar-refractivity contribution in [3.05, 3.63) is 0 Å². The molecule has 0 spiro atoms. The minimum atomic E-state index is -0.582. The van der Waals surface area contributed by atoms with Gasteiger partial charge in [-0.05, 0) is 20.3 Å². The molecule has 2 saturated heterocycles. The summed E-state index contributed by atoms with van der Waals surface area (Å²) in [6, 6.07) is 0. The first-order valence-corrected chi connectivity index (χ1v) is 6.70. The average molecular weight is 285 g/mol. The summed E-state index contributed by atoms with van der Waals surface area (Å²) in [5, 5.41) is 0. The molecule has 17 heavy (non-hydrogen) atoms. The SMILES string of the molecule is CC1(CCCC2(C)OCC(Cl)O2)OCC(Cl)O1. The lowest BCUT2D eigenvalue weighted by Gasteiger charge is -2.26. The van der Waals surface area contributed by atoms with Gasteiger partial charge in [0.1, 0.15) is 0 Å². The van der Waals surface area contributed by atoms with Crippen molar-refractivity contribution >= 4 is 23.2 Å². The van der Waals surface area contributed by atoms with Crippen molar-refractivity contribution in [2.75, 3.05) is 13.2 Å². The predicted octanol–water partition coefficient (Wildman–Crippen LogP) is 2.81. The van der Waals surface area contributed by atoms with Gasteiger partial charge in [-0.2, -0.15) is 0 Å². The Morgan fingerprint density at radius 1 is 0.941 bits per heavy atom. The Bertz CT molecular complexity index is 252. The first-order chi connectivity index (χ1) is 7.91. The fraction of sp³-hybridized carbons (Fsp3) is 1.00. The van der Waals surface area contributed by atoms with Gasteiger partial charge in [-0.15, -0.1) is 0 Å². The molecule has 0 radical (unpaired) electrons. The maximum Gasteiger partial charge on any atom is 0.167 e. The topological polar surface area (TPSA) is 36.9 Å². The van der Waals surface area contributed by atoms with Crippen LogP contribution in [0.4, 0.5) is 0 Å². The molecule has 4 atom stereocenters. The zero-order valence-electron chi connectivity index (χ0n) is 10.1. The molecule has 4 nitrogen and oxygen atoms in total. The van der Waals surface area contributed by atoms with E-state index in [9.17, 15) is 0 Å². The van der Waals surface area contributed by atoms with Gasteiger partial charge < -0.3 is 18.9 Å². The summed E-state index contributed by atoms with van der Waals surface area (Å²) in [7, 11) is 0. The van der Waals surface area contributed by atoms with E-state index in [1.165, 1.54) is 0 Å².